The highest BCUT2D eigenvalue weighted by Crippen LogP contribution is 2.18. The molecule has 0 aliphatic carbocycles. The van der Waals surface area contributed by atoms with Crippen molar-refractivity contribution in [1.82, 2.24) is 10.3 Å². The monoisotopic (exact) mass is 278 g/mol. The number of halogens is 3. The Morgan fingerprint density at radius 2 is 2.16 bits per heavy atom. The highest BCUT2D eigenvalue weighted by Gasteiger charge is 2.28. The predicted molar refractivity (Wildman–Crippen MR) is 59.7 cm³/mol. The molecule has 1 amide bonds. The Morgan fingerprint density at radius 3 is 2.63 bits per heavy atom. The number of ether oxygens (including phenoxy) is 2. The molecular formula is C11H13F3N2O3. The fraction of sp³-hybridized carbons (Fsp3) is 0.455. The average Bonchev–Trinajstić information content (AvgIpc) is 2.36. The first-order valence-electron chi connectivity index (χ1n) is 5.32. The van der Waals surface area contributed by atoms with Gasteiger partial charge in [-0.3, -0.25) is 0 Å². The van der Waals surface area contributed by atoms with Gasteiger partial charge in [-0.05, 0) is 12.5 Å². The van der Waals surface area contributed by atoms with Gasteiger partial charge in [0.1, 0.15) is 0 Å². The van der Waals surface area contributed by atoms with E-state index in [9.17, 15) is 18.0 Å². The maximum atomic E-state index is 11.9. The first-order valence-corrected chi connectivity index (χ1v) is 5.32. The molecule has 0 bridgehead atoms. The summed E-state index contributed by atoms with van der Waals surface area (Å²) in [7, 11) is 1.23. The summed E-state index contributed by atoms with van der Waals surface area (Å²) in [5.74, 6) is -0.133. The second kappa shape index (κ2) is 6.26. The van der Waals surface area contributed by atoms with Gasteiger partial charge in [-0.1, -0.05) is 6.07 Å². The second-order valence-corrected chi connectivity index (χ2v) is 3.69. The minimum Gasteiger partial charge on any atom is -0.468 e. The molecule has 1 heterocycles. The van der Waals surface area contributed by atoms with E-state index in [1.807, 2.05) is 0 Å². The average molecular weight is 278 g/mol. The van der Waals surface area contributed by atoms with Crippen LogP contribution in [-0.2, 0) is 4.74 Å². The van der Waals surface area contributed by atoms with E-state index >= 15 is 0 Å². The number of aromatic nitrogens is 1. The Bertz CT molecular complexity index is 420. The standard InChI is InChI=1S/C11H13F3N2O3/c1-7(16-10(17)18-2)8-3-4-9(15-5-8)19-6-11(12,13)14/h3-5,7H,6H2,1-2H3,(H,16,17). The van der Waals surface area contributed by atoms with Crippen LogP contribution < -0.4 is 10.1 Å². The van der Waals surface area contributed by atoms with Crippen LogP contribution >= 0.6 is 0 Å². The van der Waals surface area contributed by atoms with Crippen LogP contribution in [0.1, 0.15) is 18.5 Å². The first kappa shape index (κ1) is 15.1. The van der Waals surface area contributed by atoms with Crippen molar-refractivity contribution in [3.63, 3.8) is 0 Å². The largest absolute Gasteiger partial charge is 0.468 e. The number of alkyl halides is 3. The summed E-state index contributed by atoms with van der Waals surface area (Å²) in [6.07, 6.45) is -3.68. The predicted octanol–water partition coefficient (Wildman–Crippen LogP) is 2.44. The van der Waals surface area contributed by atoms with Gasteiger partial charge >= 0.3 is 12.3 Å². The summed E-state index contributed by atoms with van der Waals surface area (Å²) in [6.45, 7) is 0.291. The van der Waals surface area contributed by atoms with E-state index in [-0.39, 0.29) is 11.9 Å². The Morgan fingerprint density at radius 1 is 1.47 bits per heavy atom. The number of nitrogens with one attached hydrogen (secondary N) is 1. The highest BCUT2D eigenvalue weighted by molar-refractivity contribution is 5.67. The normalized spacial score (nSPS) is 12.7. The Hall–Kier alpha value is -1.99. The number of rotatable bonds is 4. The lowest BCUT2D eigenvalue weighted by Crippen LogP contribution is -2.26. The molecule has 1 N–H and O–H groups in total. The fourth-order valence-corrected chi connectivity index (χ4v) is 1.21. The van der Waals surface area contributed by atoms with Crippen molar-refractivity contribution in [2.24, 2.45) is 0 Å². The van der Waals surface area contributed by atoms with Crippen molar-refractivity contribution >= 4 is 6.09 Å². The van der Waals surface area contributed by atoms with Crippen LogP contribution in [0.15, 0.2) is 18.3 Å². The summed E-state index contributed by atoms with van der Waals surface area (Å²) in [6, 6.07) is 2.44. The molecule has 0 spiro atoms. The Labute approximate surface area is 107 Å². The van der Waals surface area contributed by atoms with Crippen LogP contribution in [0.2, 0.25) is 0 Å². The zero-order chi connectivity index (χ0) is 14.5. The van der Waals surface area contributed by atoms with Crippen molar-refractivity contribution in [3.05, 3.63) is 23.9 Å². The zero-order valence-electron chi connectivity index (χ0n) is 10.3. The minimum atomic E-state index is -4.40. The molecule has 0 aromatic carbocycles. The molecule has 0 saturated heterocycles. The Balaban J connectivity index is 2.58. The maximum absolute atomic E-state index is 11.9. The van der Waals surface area contributed by atoms with Crippen LogP contribution in [0.5, 0.6) is 5.88 Å². The van der Waals surface area contributed by atoms with Crippen molar-refractivity contribution in [2.75, 3.05) is 13.7 Å². The summed E-state index contributed by atoms with van der Waals surface area (Å²) < 4.78 is 44.6. The molecular weight excluding hydrogens is 265 g/mol. The van der Waals surface area contributed by atoms with Gasteiger partial charge < -0.3 is 14.8 Å². The van der Waals surface area contributed by atoms with Gasteiger partial charge in [0.2, 0.25) is 5.88 Å². The van der Waals surface area contributed by atoms with Crippen molar-refractivity contribution in [1.29, 1.82) is 0 Å². The van der Waals surface area contributed by atoms with Crippen LogP contribution in [0.3, 0.4) is 0 Å². The van der Waals surface area contributed by atoms with Gasteiger partial charge in [-0.25, -0.2) is 9.78 Å². The third kappa shape index (κ3) is 5.45. The van der Waals surface area contributed by atoms with Gasteiger partial charge in [-0.15, -0.1) is 0 Å². The van der Waals surface area contributed by atoms with E-state index in [0.29, 0.717) is 5.56 Å². The maximum Gasteiger partial charge on any atom is 0.422 e. The molecule has 0 fully saturated rings. The van der Waals surface area contributed by atoms with Gasteiger partial charge in [0.25, 0.3) is 0 Å². The SMILES string of the molecule is COC(=O)NC(C)c1ccc(OCC(F)(F)F)nc1. The van der Waals surface area contributed by atoms with E-state index in [1.165, 1.54) is 25.4 Å². The number of carbonyl (C=O) groups is 1. The Kier molecular flexibility index (Phi) is 4.96. The van der Waals surface area contributed by atoms with Crippen molar-refractivity contribution in [3.8, 4) is 5.88 Å². The van der Waals surface area contributed by atoms with Gasteiger partial charge in [0.05, 0.1) is 13.2 Å². The molecule has 0 aliphatic heterocycles. The first-order chi connectivity index (χ1) is 8.81. The number of nitrogens with zero attached hydrogens (tertiary/aromatic N) is 1. The lowest BCUT2D eigenvalue weighted by atomic mass is 10.1. The number of hydrogen-bond donors (Lipinski definition) is 1. The van der Waals surface area contributed by atoms with E-state index in [4.69, 9.17) is 0 Å². The molecule has 8 heteroatoms. The van der Waals surface area contributed by atoms with Crippen LogP contribution in [-0.4, -0.2) is 31.0 Å². The topological polar surface area (TPSA) is 60.5 Å². The molecule has 1 aromatic rings. The lowest BCUT2D eigenvalue weighted by Gasteiger charge is -2.13. The van der Waals surface area contributed by atoms with E-state index in [0.717, 1.165) is 0 Å². The smallest absolute Gasteiger partial charge is 0.422 e. The zero-order valence-corrected chi connectivity index (χ0v) is 10.3. The van der Waals surface area contributed by atoms with Crippen LogP contribution in [0.4, 0.5) is 18.0 Å². The summed E-state index contributed by atoms with van der Waals surface area (Å²) in [5, 5.41) is 2.50. The van der Waals surface area contributed by atoms with Gasteiger partial charge in [-0.2, -0.15) is 13.2 Å². The minimum absolute atomic E-state index is 0.133. The number of hydrogen-bond acceptors (Lipinski definition) is 4. The molecule has 0 saturated carbocycles. The van der Waals surface area contributed by atoms with E-state index < -0.39 is 18.9 Å². The van der Waals surface area contributed by atoms with Crippen LogP contribution in [0, 0.1) is 0 Å². The number of pyridine rings is 1. The number of amides is 1. The summed E-state index contributed by atoms with van der Waals surface area (Å²) in [4.78, 5) is 14.7. The number of methoxy groups -OCH3 is 1. The van der Waals surface area contributed by atoms with Crippen molar-refractivity contribution in [2.45, 2.75) is 19.1 Å². The van der Waals surface area contributed by atoms with Gasteiger partial charge in [0.15, 0.2) is 6.61 Å². The quantitative estimate of drug-likeness (QED) is 0.919. The lowest BCUT2D eigenvalue weighted by molar-refractivity contribution is -0.154. The number of alkyl carbamates (subject to hydrolysis) is 1. The van der Waals surface area contributed by atoms with Gasteiger partial charge in [0, 0.05) is 12.3 Å². The molecule has 0 radical (unpaired) electrons. The fourth-order valence-electron chi connectivity index (χ4n) is 1.21. The summed E-state index contributed by atoms with van der Waals surface area (Å²) in [5.41, 5.74) is 0.616. The molecule has 1 aromatic heterocycles. The van der Waals surface area contributed by atoms with Crippen LogP contribution in [0.25, 0.3) is 0 Å². The molecule has 0 aliphatic rings. The molecule has 1 atom stereocenters. The molecule has 106 valence electrons. The highest BCUT2D eigenvalue weighted by atomic mass is 19.4. The molecule has 1 rings (SSSR count). The molecule has 5 nitrogen and oxygen atoms in total. The van der Waals surface area contributed by atoms with E-state index in [2.05, 4.69) is 19.8 Å². The van der Waals surface area contributed by atoms with Crippen molar-refractivity contribution < 1.29 is 27.4 Å². The number of carbonyl (C=O) groups excluding carboxylic acids is 1. The third-order valence-corrected chi connectivity index (χ3v) is 2.16. The third-order valence-electron chi connectivity index (χ3n) is 2.16. The van der Waals surface area contributed by atoms with E-state index in [1.54, 1.807) is 6.92 Å². The second-order valence-electron chi connectivity index (χ2n) is 3.69. The molecule has 19 heavy (non-hydrogen) atoms. The molecule has 1 unspecified atom stereocenters. The summed E-state index contributed by atoms with van der Waals surface area (Å²) >= 11 is 0.